The molecule has 3 rings (SSSR count). The first-order chi connectivity index (χ1) is 11.9. The van der Waals surface area contributed by atoms with Crippen LogP contribution in [0.25, 0.3) is 0 Å². The summed E-state index contributed by atoms with van der Waals surface area (Å²) in [5, 5.41) is 3.08. The van der Waals surface area contributed by atoms with Crippen LogP contribution in [-0.4, -0.2) is 18.6 Å². The van der Waals surface area contributed by atoms with Crippen molar-refractivity contribution in [3.05, 3.63) is 59.4 Å². The lowest BCUT2D eigenvalue weighted by Gasteiger charge is -2.38. The number of benzene rings is 2. The van der Waals surface area contributed by atoms with E-state index in [1.165, 1.54) is 12.1 Å². The van der Waals surface area contributed by atoms with Crippen LogP contribution in [-0.2, 0) is 11.2 Å². The molecule has 0 spiro atoms. The van der Waals surface area contributed by atoms with Crippen molar-refractivity contribution in [3.8, 4) is 11.5 Å². The highest BCUT2D eigenvalue weighted by molar-refractivity contribution is 5.79. The van der Waals surface area contributed by atoms with Crippen molar-refractivity contribution < 1.29 is 18.7 Å². The highest BCUT2D eigenvalue weighted by Gasteiger charge is 2.34. The minimum absolute atomic E-state index is 0.108. The van der Waals surface area contributed by atoms with Gasteiger partial charge in [0.05, 0.1) is 19.6 Å². The number of halogens is 1. The molecule has 1 atom stereocenters. The Hall–Kier alpha value is -2.56. The van der Waals surface area contributed by atoms with E-state index >= 15 is 0 Å². The van der Waals surface area contributed by atoms with Crippen LogP contribution in [0.3, 0.4) is 0 Å². The molecular formula is C20H22FNO3. The first-order valence-electron chi connectivity index (χ1n) is 8.27. The Morgan fingerprint density at radius 2 is 2.00 bits per heavy atom. The maximum atomic E-state index is 13.0. The smallest absolute Gasteiger partial charge is 0.224 e. The van der Waals surface area contributed by atoms with Gasteiger partial charge in [0.25, 0.3) is 0 Å². The topological polar surface area (TPSA) is 47.6 Å². The van der Waals surface area contributed by atoms with Crippen LogP contribution >= 0.6 is 0 Å². The monoisotopic (exact) mass is 343 g/mol. The molecule has 1 N–H and O–H groups in total. The van der Waals surface area contributed by atoms with E-state index in [-0.39, 0.29) is 29.8 Å². The average molecular weight is 343 g/mol. The van der Waals surface area contributed by atoms with Gasteiger partial charge in [-0.1, -0.05) is 12.1 Å². The molecule has 0 aromatic heterocycles. The van der Waals surface area contributed by atoms with Gasteiger partial charge in [0.2, 0.25) is 5.91 Å². The van der Waals surface area contributed by atoms with E-state index < -0.39 is 0 Å². The molecule has 0 saturated carbocycles. The molecule has 1 aliphatic heterocycles. The molecule has 25 heavy (non-hydrogen) atoms. The van der Waals surface area contributed by atoms with E-state index in [4.69, 9.17) is 9.47 Å². The standard InChI is InChI=1S/C20H22FNO3/c1-20(2)12-17(16-11-15(24-3)8-9-18(16)25-20)22-19(23)10-13-4-6-14(21)7-5-13/h4-9,11,17H,10,12H2,1-3H3,(H,22,23)/t17-/m1/s1. The molecule has 4 nitrogen and oxygen atoms in total. The highest BCUT2D eigenvalue weighted by atomic mass is 19.1. The van der Waals surface area contributed by atoms with Gasteiger partial charge >= 0.3 is 0 Å². The molecule has 0 saturated heterocycles. The van der Waals surface area contributed by atoms with E-state index in [1.54, 1.807) is 19.2 Å². The summed E-state index contributed by atoms with van der Waals surface area (Å²) in [5.74, 6) is 1.06. The minimum atomic E-state index is -0.380. The Morgan fingerprint density at radius 3 is 2.68 bits per heavy atom. The van der Waals surface area contributed by atoms with Gasteiger partial charge < -0.3 is 14.8 Å². The number of rotatable bonds is 4. The number of carbonyl (C=O) groups is 1. The van der Waals surface area contributed by atoms with Crippen LogP contribution in [0.4, 0.5) is 4.39 Å². The first-order valence-corrected chi connectivity index (χ1v) is 8.27. The molecule has 0 fully saturated rings. The number of carbonyl (C=O) groups excluding carboxylic acids is 1. The summed E-state index contributed by atoms with van der Waals surface area (Å²) in [6, 6.07) is 11.4. The third-order valence-corrected chi connectivity index (χ3v) is 4.29. The number of ether oxygens (including phenoxy) is 2. The van der Waals surface area contributed by atoms with Crippen molar-refractivity contribution in [2.75, 3.05) is 7.11 Å². The fourth-order valence-electron chi connectivity index (χ4n) is 3.12. The van der Waals surface area contributed by atoms with Gasteiger partial charge in [-0.3, -0.25) is 4.79 Å². The van der Waals surface area contributed by atoms with Gasteiger partial charge in [-0.2, -0.15) is 0 Å². The molecule has 1 amide bonds. The fourth-order valence-corrected chi connectivity index (χ4v) is 3.12. The second kappa shape index (κ2) is 6.75. The van der Waals surface area contributed by atoms with Gasteiger partial charge in [-0.25, -0.2) is 4.39 Å². The maximum absolute atomic E-state index is 13.0. The zero-order valence-electron chi connectivity index (χ0n) is 14.6. The second-order valence-corrected chi connectivity index (χ2v) is 6.89. The molecule has 132 valence electrons. The second-order valence-electron chi connectivity index (χ2n) is 6.89. The van der Waals surface area contributed by atoms with E-state index in [0.717, 1.165) is 22.6 Å². The Kier molecular flexibility index (Phi) is 4.66. The minimum Gasteiger partial charge on any atom is -0.497 e. The SMILES string of the molecule is COc1ccc2c(c1)[C@H](NC(=O)Cc1ccc(F)cc1)CC(C)(C)O2. The average Bonchev–Trinajstić information content (AvgIpc) is 2.55. The van der Waals surface area contributed by atoms with Gasteiger partial charge in [0, 0.05) is 12.0 Å². The summed E-state index contributed by atoms with van der Waals surface area (Å²) < 4.78 is 24.3. The zero-order valence-corrected chi connectivity index (χ0v) is 14.6. The van der Waals surface area contributed by atoms with Crippen molar-refractivity contribution in [2.45, 2.75) is 38.3 Å². The van der Waals surface area contributed by atoms with Gasteiger partial charge in [0.15, 0.2) is 0 Å². The summed E-state index contributed by atoms with van der Waals surface area (Å²) in [6.45, 7) is 4.00. The maximum Gasteiger partial charge on any atom is 0.224 e. The summed E-state index contributed by atoms with van der Waals surface area (Å²) in [6.07, 6.45) is 0.861. The molecule has 1 aliphatic rings. The Morgan fingerprint density at radius 1 is 1.28 bits per heavy atom. The predicted molar refractivity (Wildman–Crippen MR) is 93.3 cm³/mol. The largest absolute Gasteiger partial charge is 0.497 e. The molecular weight excluding hydrogens is 321 g/mol. The normalized spacial score (nSPS) is 18.0. The summed E-state index contributed by atoms with van der Waals surface area (Å²) in [4.78, 5) is 12.5. The Labute approximate surface area is 147 Å². The van der Waals surface area contributed by atoms with E-state index in [1.807, 2.05) is 32.0 Å². The highest BCUT2D eigenvalue weighted by Crippen LogP contribution is 2.41. The number of amides is 1. The number of nitrogens with one attached hydrogen (secondary N) is 1. The molecule has 2 aromatic rings. The Balaban J connectivity index is 1.79. The lowest BCUT2D eigenvalue weighted by Crippen LogP contribution is -2.41. The lowest BCUT2D eigenvalue weighted by atomic mass is 9.89. The molecule has 0 aliphatic carbocycles. The van der Waals surface area contributed by atoms with Crippen LogP contribution < -0.4 is 14.8 Å². The Bertz CT molecular complexity index is 771. The van der Waals surface area contributed by atoms with Crippen molar-refractivity contribution in [3.63, 3.8) is 0 Å². The number of hydrogen-bond acceptors (Lipinski definition) is 3. The third kappa shape index (κ3) is 4.10. The number of methoxy groups -OCH3 is 1. The molecule has 0 radical (unpaired) electrons. The van der Waals surface area contributed by atoms with Crippen molar-refractivity contribution in [1.82, 2.24) is 5.32 Å². The first kappa shape index (κ1) is 17.3. The number of hydrogen-bond donors (Lipinski definition) is 1. The third-order valence-electron chi connectivity index (χ3n) is 4.29. The fraction of sp³-hybridized carbons (Fsp3) is 0.350. The van der Waals surface area contributed by atoms with Gasteiger partial charge in [0.1, 0.15) is 22.9 Å². The summed E-state index contributed by atoms with van der Waals surface area (Å²) >= 11 is 0. The van der Waals surface area contributed by atoms with Crippen LogP contribution in [0.2, 0.25) is 0 Å². The van der Waals surface area contributed by atoms with Crippen molar-refractivity contribution in [2.24, 2.45) is 0 Å². The van der Waals surface area contributed by atoms with Crippen molar-refractivity contribution >= 4 is 5.91 Å². The molecule has 0 bridgehead atoms. The zero-order chi connectivity index (χ0) is 18.0. The van der Waals surface area contributed by atoms with Crippen LogP contribution in [0.15, 0.2) is 42.5 Å². The molecule has 5 heteroatoms. The van der Waals surface area contributed by atoms with Gasteiger partial charge in [-0.15, -0.1) is 0 Å². The van der Waals surface area contributed by atoms with Crippen LogP contribution in [0, 0.1) is 5.82 Å². The van der Waals surface area contributed by atoms with Gasteiger partial charge in [-0.05, 0) is 49.7 Å². The van der Waals surface area contributed by atoms with E-state index in [0.29, 0.717) is 6.42 Å². The molecule has 2 aromatic carbocycles. The van der Waals surface area contributed by atoms with Crippen LogP contribution in [0.1, 0.15) is 37.4 Å². The predicted octanol–water partition coefficient (Wildman–Crippen LogP) is 3.80. The molecule has 0 unspecified atom stereocenters. The van der Waals surface area contributed by atoms with Crippen molar-refractivity contribution in [1.29, 1.82) is 0 Å². The van der Waals surface area contributed by atoms with E-state index in [2.05, 4.69) is 5.32 Å². The quantitative estimate of drug-likeness (QED) is 0.919. The lowest BCUT2D eigenvalue weighted by molar-refractivity contribution is -0.121. The van der Waals surface area contributed by atoms with E-state index in [9.17, 15) is 9.18 Å². The number of fused-ring (bicyclic) bond motifs is 1. The summed E-state index contributed by atoms with van der Waals surface area (Å²) in [5.41, 5.74) is 1.30. The van der Waals surface area contributed by atoms with Crippen LogP contribution in [0.5, 0.6) is 11.5 Å². The summed E-state index contributed by atoms with van der Waals surface area (Å²) in [7, 11) is 1.61. The molecule has 1 heterocycles.